The van der Waals surface area contributed by atoms with E-state index in [1.807, 2.05) is 0 Å². The summed E-state index contributed by atoms with van der Waals surface area (Å²) < 4.78 is 0. The third-order valence-electron chi connectivity index (χ3n) is 4.30. The van der Waals surface area contributed by atoms with Crippen molar-refractivity contribution >= 4 is 31.9 Å². The van der Waals surface area contributed by atoms with Crippen molar-refractivity contribution in [1.82, 2.24) is 0 Å². The Bertz CT molecular complexity index is 592. The molecular formula is C19H22Br2. The Labute approximate surface area is 145 Å². The lowest BCUT2D eigenvalue weighted by Gasteiger charge is -2.32. The summed E-state index contributed by atoms with van der Waals surface area (Å²) in [5.74, 6) is 0. The summed E-state index contributed by atoms with van der Waals surface area (Å²) in [6, 6.07) is 15.5. The Morgan fingerprint density at radius 3 is 1.95 bits per heavy atom. The smallest absolute Gasteiger partial charge is 0.0187 e. The van der Waals surface area contributed by atoms with Gasteiger partial charge >= 0.3 is 0 Å². The van der Waals surface area contributed by atoms with Crippen molar-refractivity contribution in [3.8, 4) is 0 Å². The van der Waals surface area contributed by atoms with Crippen LogP contribution in [0.25, 0.3) is 0 Å². The van der Waals surface area contributed by atoms with Gasteiger partial charge in [0.05, 0.1) is 0 Å². The van der Waals surface area contributed by atoms with Crippen molar-refractivity contribution in [2.45, 2.75) is 32.6 Å². The van der Waals surface area contributed by atoms with Gasteiger partial charge in [-0.2, -0.15) is 0 Å². The van der Waals surface area contributed by atoms with Gasteiger partial charge in [-0.15, -0.1) is 0 Å². The van der Waals surface area contributed by atoms with E-state index in [0.717, 1.165) is 17.1 Å². The molecule has 0 saturated carbocycles. The Balaban J connectivity index is 2.48. The van der Waals surface area contributed by atoms with Gasteiger partial charge in [0.2, 0.25) is 0 Å². The molecule has 0 N–H and O–H groups in total. The van der Waals surface area contributed by atoms with Gasteiger partial charge in [0.15, 0.2) is 0 Å². The van der Waals surface area contributed by atoms with Crippen LogP contribution in [-0.2, 0) is 11.8 Å². The van der Waals surface area contributed by atoms with Gasteiger partial charge in [-0.1, -0.05) is 79.9 Å². The summed E-state index contributed by atoms with van der Waals surface area (Å²) in [6.07, 6.45) is 1.05. The van der Waals surface area contributed by atoms with E-state index in [1.165, 1.54) is 27.8 Å². The normalized spacial score (nSPS) is 11.7. The Morgan fingerprint density at radius 2 is 1.43 bits per heavy atom. The van der Waals surface area contributed by atoms with Crippen LogP contribution in [-0.4, -0.2) is 10.7 Å². The highest BCUT2D eigenvalue weighted by molar-refractivity contribution is 9.09. The molecule has 0 fully saturated rings. The molecule has 0 atom stereocenters. The number of hydrogen-bond donors (Lipinski definition) is 0. The molecule has 2 heteroatoms. The third kappa shape index (κ3) is 3.60. The fourth-order valence-electron chi connectivity index (χ4n) is 2.83. The predicted octanol–water partition coefficient (Wildman–Crippen LogP) is 5.88. The monoisotopic (exact) mass is 408 g/mol. The Hall–Kier alpha value is -0.600. The van der Waals surface area contributed by atoms with Crippen LogP contribution in [0.3, 0.4) is 0 Å². The van der Waals surface area contributed by atoms with Crippen LogP contribution in [0.2, 0.25) is 0 Å². The Morgan fingerprint density at radius 1 is 0.857 bits per heavy atom. The molecule has 0 nitrogen and oxygen atoms in total. The van der Waals surface area contributed by atoms with Crippen LogP contribution >= 0.6 is 31.9 Å². The molecular weight excluding hydrogens is 388 g/mol. The first-order valence-electron chi connectivity index (χ1n) is 7.26. The van der Waals surface area contributed by atoms with Crippen molar-refractivity contribution in [3.63, 3.8) is 0 Å². The van der Waals surface area contributed by atoms with E-state index < -0.39 is 0 Å². The maximum atomic E-state index is 3.77. The van der Waals surface area contributed by atoms with Gasteiger partial charge in [0.1, 0.15) is 0 Å². The fourth-order valence-corrected chi connectivity index (χ4v) is 4.80. The van der Waals surface area contributed by atoms with Crippen LogP contribution in [0.4, 0.5) is 0 Å². The molecule has 112 valence electrons. The first-order valence-corrected chi connectivity index (χ1v) is 9.51. The van der Waals surface area contributed by atoms with E-state index >= 15 is 0 Å². The van der Waals surface area contributed by atoms with Crippen molar-refractivity contribution < 1.29 is 0 Å². The van der Waals surface area contributed by atoms with E-state index in [9.17, 15) is 0 Å². The highest BCUT2D eigenvalue weighted by Gasteiger charge is 2.31. The molecule has 0 amide bonds. The van der Waals surface area contributed by atoms with Crippen LogP contribution in [0, 0.1) is 20.8 Å². The molecule has 21 heavy (non-hydrogen) atoms. The maximum absolute atomic E-state index is 3.77. The highest BCUT2D eigenvalue weighted by atomic mass is 79.9. The molecule has 0 aliphatic carbocycles. The van der Waals surface area contributed by atoms with Gasteiger partial charge in [0, 0.05) is 16.1 Å². The predicted molar refractivity (Wildman–Crippen MR) is 100 cm³/mol. The molecule has 0 spiro atoms. The van der Waals surface area contributed by atoms with Gasteiger partial charge in [-0.05, 0) is 49.4 Å². The van der Waals surface area contributed by atoms with Crippen molar-refractivity contribution in [3.05, 3.63) is 70.3 Å². The van der Waals surface area contributed by atoms with Gasteiger partial charge in [0.25, 0.3) is 0 Å². The lowest BCUT2D eigenvalue weighted by molar-refractivity contribution is 0.547. The van der Waals surface area contributed by atoms with Crippen molar-refractivity contribution in [2.75, 3.05) is 10.7 Å². The highest BCUT2D eigenvalue weighted by Crippen LogP contribution is 2.35. The summed E-state index contributed by atoms with van der Waals surface area (Å²) in [5.41, 5.74) is 7.04. The molecule has 0 heterocycles. The summed E-state index contributed by atoms with van der Waals surface area (Å²) in [5, 5.41) is 1.89. The molecule has 0 bridgehead atoms. The lowest BCUT2D eigenvalue weighted by Crippen LogP contribution is -2.33. The topological polar surface area (TPSA) is 0 Å². The summed E-state index contributed by atoms with van der Waals surface area (Å²) in [4.78, 5) is 0. The quantitative estimate of drug-likeness (QED) is 0.540. The number of halogens is 2. The third-order valence-corrected chi connectivity index (χ3v) is 6.45. The summed E-state index contributed by atoms with van der Waals surface area (Å²) in [6.45, 7) is 6.59. The van der Waals surface area contributed by atoms with Gasteiger partial charge in [-0.3, -0.25) is 0 Å². The summed E-state index contributed by atoms with van der Waals surface area (Å²) in [7, 11) is 0. The largest absolute Gasteiger partial charge is 0.0918 e. The van der Waals surface area contributed by atoms with Crippen molar-refractivity contribution in [1.29, 1.82) is 0 Å². The Kier molecular flexibility index (Phi) is 5.67. The van der Waals surface area contributed by atoms with Crippen molar-refractivity contribution in [2.24, 2.45) is 0 Å². The first-order chi connectivity index (χ1) is 10.0. The molecule has 2 aromatic carbocycles. The van der Waals surface area contributed by atoms with Crippen LogP contribution < -0.4 is 0 Å². The van der Waals surface area contributed by atoms with Crippen LogP contribution in [0.5, 0.6) is 0 Å². The molecule has 0 aliphatic heterocycles. The van der Waals surface area contributed by atoms with Gasteiger partial charge in [-0.25, -0.2) is 0 Å². The van der Waals surface area contributed by atoms with E-state index in [-0.39, 0.29) is 5.41 Å². The first kappa shape index (κ1) is 16.8. The minimum atomic E-state index is 0.0862. The SMILES string of the molecule is Cc1cccc(C(CBr)(CBr)Cc2c(C)cccc2C)c1. The fraction of sp³-hybridized carbons (Fsp3) is 0.368. The summed E-state index contributed by atoms with van der Waals surface area (Å²) >= 11 is 7.54. The average molecular weight is 410 g/mol. The number of benzene rings is 2. The molecule has 0 radical (unpaired) electrons. The average Bonchev–Trinajstić information content (AvgIpc) is 2.48. The second-order valence-corrected chi connectivity index (χ2v) is 7.09. The zero-order valence-corrected chi connectivity index (χ0v) is 16.1. The second-order valence-electron chi connectivity index (χ2n) is 5.96. The number of rotatable bonds is 5. The molecule has 0 saturated heterocycles. The zero-order chi connectivity index (χ0) is 15.5. The van der Waals surface area contributed by atoms with E-state index in [2.05, 4.69) is 95.1 Å². The number of hydrogen-bond acceptors (Lipinski definition) is 0. The molecule has 0 aliphatic rings. The van der Waals surface area contributed by atoms with Crippen LogP contribution in [0.1, 0.15) is 27.8 Å². The minimum absolute atomic E-state index is 0.0862. The molecule has 0 aromatic heterocycles. The number of alkyl halides is 2. The number of aryl methyl sites for hydroxylation is 3. The lowest BCUT2D eigenvalue weighted by atomic mass is 9.77. The van der Waals surface area contributed by atoms with E-state index in [1.54, 1.807) is 0 Å². The second kappa shape index (κ2) is 7.11. The molecule has 0 unspecified atom stereocenters. The standard InChI is InChI=1S/C19H22Br2/c1-14-6-4-9-17(10-14)19(12-20,13-21)11-18-15(2)7-5-8-16(18)3/h4-10H,11-13H2,1-3H3. The molecule has 2 rings (SSSR count). The van der Waals surface area contributed by atoms with E-state index in [4.69, 9.17) is 0 Å². The minimum Gasteiger partial charge on any atom is -0.0918 e. The zero-order valence-electron chi connectivity index (χ0n) is 12.9. The molecule has 2 aromatic rings. The van der Waals surface area contributed by atoms with Crippen LogP contribution in [0.15, 0.2) is 42.5 Å². The maximum Gasteiger partial charge on any atom is 0.0187 e. The van der Waals surface area contributed by atoms with Gasteiger partial charge < -0.3 is 0 Å². The van der Waals surface area contributed by atoms with E-state index in [0.29, 0.717) is 0 Å².